The van der Waals surface area contributed by atoms with Crippen LogP contribution in [0.5, 0.6) is 11.6 Å². The molecule has 1 aliphatic rings. The number of halogens is 2. The van der Waals surface area contributed by atoms with E-state index in [2.05, 4.69) is 25.3 Å². The second kappa shape index (κ2) is 6.42. The molecular formula is C20H15F2N7O2. The van der Waals surface area contributed by atoms with Gasteiger partial charge in [0.25, 0.3) is 5.88 Å². The van der Waals surface area contributed by atoms with E-state index in [0.29, 0.717) is 11.4 Å². The van der Waals surface area contributed by atoms with Gasteiger partial charge in [-0.25, -0.2) is 28.7 Å². The molecule has 156 valence electrons. The fourth-order valence-corrected chi connectivity index (χ4v) is 3.42. The third-order valence-electron chi connectivity index (χ3n) is 5.03. The molecule has 1 aromatic carbocycles. The lowest BCUT2D eigenvalue weighted by atomic mass is 9.87. The highest BCUT2D eigenvalue weighted by atomic mass is 19.1. The molecule has 1 aliphatic heterocycles. The fourth-order valence-electron chi connectivity index (χ4n) is 3.42. The van der Waals surface area contributed by atoms with E-state index in [0.717, 1.165) is 18.2 Å². The van der Waals surface area contributed by atoms with Crippen molar-refractivity contribution in [3.05, 3.63) is 54.0 Å². The molecule has 5 rings (SSSR count). The van der Waals surface area contributed by atoms with Gasteiger partial charge in [0.2, 0.25) is 11.6 Å². The highest BCUT2D eigenvalue weighted by Crippen LogP contribution is 2.40. The molecule has 3 aromatic heterocycles. The smallest absolute Gasteiger partial charge is 0.264 e. The summed E-state index contributed by atoms with van der Waals surface area (Å²) in [6.45, 7) is 3.45. The van der Waals surface area contributed by atoms with E-state index in [1.165, 1.54) is 6.20 Å². The molecule has 0 aliphatic carbocycles. The number of anilines is 2. The van der Waals surface area contributed by atoms with Gasteiger partial charge in [-0.1, -0.05) is 0 Å². The summed E-state index contributed by atoms with van der Waals surface area (Å²) in [7, 11) is 0. The normalized spacial score (nSPS) is 14.5. The minimum atomic E-state index is -0.872. The minimum absolute atomic E-state index is 0.0842. The average Bonchev–Trinajstić information content (AvgIpc) is 3.27. The molecule has 11 heteroatoms. The highest BCUT2D eigenvalue weighted by molar-refractivity contribution is 6.06. The van der Waals surface area contributed by atoms with Gasteiger partial charge in [0.1, 0.15) is 23.1 Å². The summed E-state index contributed by atoms with van der Waals surface area (Å²) in [6.07, 6.45) is 4.70. The molecule has 1 amide bonds. The first-order chi connectivity index (χ1) is 14.7. The summed E-state index contributed by atoms with van der Waals surface area (Å²) in [5.74, 6) is -1.56. The van der Waals surface area contributed by atoms with Crippen LogP contribution >= 0.6 is 0 Å². The zero-order valence-electron chi connectivity index (χ0n) is 16.3. The van der Waals surface area contributed by atoms with Gasteiger partial charge in [0.05, 0.1) is 11.0 Å². The summed E-state index contributed by atoms with van der Waals surface area (Å²) in [6, 6.07) is 2.84. The number of fused-ring (bicyclic) bond motifs is 2. The number of carbonyl (C=O) groups excluding carboxylic acids is 1. The second-order valence-corrected chi connectivity index (χ2v) is 7.50. The quantitative estimate of drug-likeness (QED) is 0.520. The van der Waals surface area contributed by atoms with E-state index >= 15 is 0 Å². The number of benzene rings is 1. The van der Waals surface area contributed by atoms with E-state index in [4.69, 9.17) is 10.5 Å². The first-order valence-electron chi connectivity index (χ1n) is 9.20. The molecule has 0 atom stereocenters. The Balaban J connectivity index is 1.64. The van der Waals surface area contributed by atoms with Crippen molar-refractivity contribution >= 4 is 23.2 Å². The fraction of sp³-hybridized carbons (Fsp3) is 0.150. The molecule has 0 unspecified atom stereocenters. The van der Waals surface area contributed by atoms with Crippen molar-refractivity contribution in [2.24, 2.45) is 0 Å². The van der Waals surface area contributed by atoms with E-state index in [1.807, 2.05) is 0 Å². The number of ether oxygens (including phenoxy) is 1. The van der Waals surface area contributed by atoms with Gasteiger partial charge in [0.15, 0.2) is 17.4 Å². The first-order valence-corrected chi connectivity index (χ1v) is 9.20. The molecule has 9 nitrogen and oxygen atoms in total. The van der Waals surface area contributed by atoms with Gasteiger partial charge in [0, 0.05) is 24.7 Å². The van der Waals surface area contributed by atoms with Gasteiger partial charge in [-0.3, -0.25) is 4.79 Å². The first kappa shape index (κ1) is 18.9. The number of rotatable bonds is 3. The van der Waals surface area contributed by atoms with Crippen molar-refractivity contribution in [1.82, 2.24) is 24.3 Å². The molecule has 4 heterocycles. The maximum Gasteiger partial charge on any atom is 0.264 e. The average molecular weight is 423 g/mol. The van der Waals surface area contributed by atoms with Crippen molar-refractivity contribution in [2.75, 3.05) is 11.1 Å². The van der Waals surface area contributed by atoms with E-state index in [9.17, 15) is 13.6 Å². The number of nitrogens with zero attached hydrogens (tertiary/aromatic N) is 5. The molecule has 0 saturated heterocycles. The zero-order valence-corrected chi connectivity index (χ0v) is 16.3. The Hall–Kier alpha value is -4.15. The molecule has 0 bridgehead atoms. The number of aromatic nitrogens is 5. The number of nitrogens with two attached hydrogens (primary N) is 1. The molecule has 0 saturated carbocycles. The van der Waals surface area contributed by atoms with Crippen LogP contribution in [0.3, 0.4) is 0 Å². The Bertz CT molecular complexity index is 1380. The predicted octanol–water partition coefficient (Wildman–Crippen LogP) is 3.07. The molecule has 31 heavy (non-hydrogen) atoms. The van der Waals surface area contributed by atoms with Crippen LogP contribution in [0.1, 0.15) is 19.4 Å². The number of amides is 1. The van der Waals surface area contributed by atoms with Crippen molar-refractivity contribution in [3.8, 4) is 23.1 Å². The minimum Gasteiger partial charge on any atom is -0.433 e. The third kappa shape index (κ3) is 2.93. The monoisotopic (exact) mass is 423 g/mol. The van der Waals surface area contributed by atoms with E-state index < -0.39 is 17.0 Å². The Labute approximate surface area is 173 Å². The standard InChI is InChI=1S/C20H15F2N7O2/c1-20(2)13-14(23)26-15(27-16(13)28-19(20)30)11-8-29-6-5-24-17(29)18(25-11)31-12-7-9(21)3-4-10(12)22/h3-8H,1-2H3,(H3,23,26,27,28,30). The number of nitrogens with one attached hydrogen (secondary N) is 1. The maximum atomic E-state index is 14.1. The largest absolute Gasteiger partial charge is 0.433 e. The molecule has 0 radical (unpaired) electrons. The molecule has 0 spiro atoms. The molecule has 4 aromatic rings. The number of hydrogen-bond donors (Lipinski definition) is 2. The van der Waals surface area contributed by atoms with Gasteiger partial charge in [-0.15, -0.1) is 0 Å². The van der Waals surface area contributed by atoms with Gasteiger partial charge >= 0.3 is 0 Å². The van der Waals surface area contributed by atoms with Crippen molar-refractivity contribution in [3.63, 3.8) is 0 Å². The topological polar surface area (TPSA) is 120 Å². The highest BCUT2D eigenvalue weighted by Gasteiger charge is 2.42. The Morgan fingerprint density at radius 1 is 1.19 bits per heavy atom. The SMILES string of the molecule is CC1(C)C(=O)Nc2nc(-c3cn4ccnc4c(Oc4cc(F)ccc4F)n3)nc(N)c21. The van der Waals surface area contributed by atoms with Crippen molar-refractivity contribution in [2.45, 2.75) is 19.3 Å². The summed E-state index contributed by atoms with van der Waals surface area (Å²) in [4.78, 5) is 29.4. The lowest BCUT2D eigenvalue weighted by Gasteiger charge is -2.16. The van der Waals surface area contributed by atoms with Crippen LogP contribution in [0.2, 0.25) is 0 Å². The Morgan fingerprint density at radius 2 is 2.00 bits per heavy atom. The van der Waals surface area contributed by atoms with Crippen LogP contribution in [0.25, 0.3) is 17.2 Å². The lowest BCUT2D eigenvalue weighted by molar-refractivity contribution is -0.119. The third-order valence-corrected chi connectivity index (χ3v) is 5.03. The van der Waals surface area contributed by atoms with Crippen LogP contribution in [-0.4, -0.2) is 30.2 Å². The Morgan fingerprint density at radius 3 is 2.81 bits per heavy atom. The number of carbonyl (C=O) groups is 1. The van der Waals surface area contributed by atoms with Crippen LogP contribution in [0.15, 0.2) is 36.8 Å². The van der Waals surface area contributed by atoms with E-state index in [1.54, 1.807) is 30.6 Å². The summed E-state index contributed by atoms with van der Waals surface area (Å²) < 4.78 is 34.8. The van der Waals surface area contributed by atoms with E-state index in [-0.39, 0.29) is 40.5 Å². The van der Waals surface area contributed by atoms with Crippen LogP contribution in [0, 0.1) is 11.6 Å². The zero-order chi connectivity index (χ0) is 21.9. The summed E-state index contributed by atoms with van der Waals surface area (Å²) in [5, 5.41) is 2.70. The predicted molar refractivity (Wildman–Crippen MR) is 107 cm³/mol. The molecular weight excluding hydrogens is 408 g/mol. The maximum absolute atomic E-state index is 14.1. The number of imidazole rings is 1. The summed E-state index contributed by atoms with van der Waals surface area (Å²) >= 11 is 0. The lowest BCUT2D eigenvalue weighted by Crippen LogP contribution is -2.27. The number of hydrogen-bond acceptors (Lipinski definition) is 7. The molecule has 3 N–H and O–H groups in total. The van der Waals surface area contributed by atoms with Crippen molar-refractivity contribution in [1.29, 1.82) is 0 Å². The summed E-state index contributed by atoms with van der Waals surface area (Å²) in [5.41, 5.74) is 6.26. The number of nitrogen functional groups attached to an aromatic ring is 1. The molecule has 0 fully saturated rings. The van der Waals surface area contributed by atoms with Gasteiger partial charge in [-0.05, 0) is 26.0 Å². The van der Waals surface area contributed by atoms with Crippen molar-refractivity contribution < 1.29 is 18.3 Å². The van der Waals surface area contributed by atoms with Crippen LogP contribution in [0.4, 0.5) is 20.4 Å². The van der Waals surface area contributed by atoms with Crippen LogP contribution in [-0.2, 0) is 10.2 Å². The Kier molecular flexibility index (Phi) is 3.91. The van der Waals surface area contributed by atoms with Gasteiger partial charge < -0.3 is 20.2 Å². The second-order valence-electron chi connectivity index (χ2n) is 7.50. The van der Waals surface area contributed by atoms with Gasteiger partial charge in [-0.2, -0.15) is 0 Å². The van der Waals surface area contributed by atoms with Crippen LogP contribution < -0.4 is 15.8 Å².